The largest absolute Gasteiger partial charge is 0.454 e. The highest BCUT2D eigenvalue weighted by Gasteiger charge is 2.23. The van der Waals surface area contributed by atoms with E-state index in [0.717, 1.165) is 16.2 Å². The highest BCUT2D eigenvalue weighted by Crippen LogP contribution is 2.44. The zero-order valence-corrected chi connectivity index (χ0v) is 19.6. The number of aromatic nitrogens is 6. The lowest BCUT2D eigenvalue weighted by atomic mass is 10.1. The van der Waals surface area contributed by atoms with E-state index in [1.165, 1.54) is 18.1 Å². The number of nitrogens with two attached hydrogens (primary N) is 1. The van der Waals surface area contributed by atoms with Crippen LogP contribution in [0.4, 0.5) is 5.82 Å². The van der Waals surface area contributed by atoms with Crippen LogP contribution in [-0.4, -0.2) is 49.0 Å². The Hall–Kier alpha value is -3.80. The van der Waals surface area contributed by atoms with E-state index in [4.69, 9.17) is 20.2 Å². The van der Waals surface area contributed by atoms with Gasteiger partial charge >= 0.3 is 0 Å². The molecule has 1 amide bonds. The van der Waals surface area contributed by atoms with E-state index >= 15 is 0 Å². The van der Waals surface area contributed by atoms with Gasteiger partial charge in [-0.3, -0.25) is 9.89 Å². The van der Waals surface area contributed by atoms with Crippen molar-refractivity contribution < 1.29 is 14.3 Å². The fourth-order valence-corrected chi connectivity index (χ4v) is 4.61. The van der Waals surface area contributed by atoms with Gasteiger partial charge in [-0.25, -0.2) is 15.0 Å². The first-order valence-corrected chi connectivity index (χ1v) is 11.7. The molecule has 1 aliphatic rings. The van der Waals surface area contributed by atoms with Gasteiger partial charge < -0.3 is 25.1 Å². The normalized spacial score (nSPS) is 12.6. The number of anilines is 1. The van der Waals surface area contributed by atoms with E-state index < -0.39 is 0 Å². The van der Waals surface area contributed by atoms with E-state index in [-0.39, 0.29) is 24.9 Å². The van der Waals surface area contributed by atoms with Crippen molar-refractivity contribution in [2.45, 2.75) is 36.9 Å². The van der Waals surface area contributed by atoms with Gasteiger partial charge in [0.05, 0.1) is 5.69 Å². The summed E-state index contributed by atoms with van der Waals surface area (Å²) in [5.74, 6) is 1.94. The van der Waals surface area contributed by atoms with E-state index in [2.05, 4.69) is 39.3 Å². The lowest BCUT2D eigenvalue weighted by Crippen LogP contribution is -2.28. The first kappa shape index (κ1) is 22.0. The summed E-state index contributed by atoms with van der Waals surface area (Å²) < 4.78 is 13.1. The van der Waals surface area contributed by atoms with Gasteiger partial charge in [0.25, 0.3) is 0 Å². The maximum Gasteiger partial charge on any atom is 0.231 e. The molecule has 0 fully saturated rings. The van der Waals surface area contributed by atoms with Crippen molar-refractivity contribution in [2.75, 3.05) is 19.1 Å². The number of amides is 1. The van der Waals surface area contributed by atoms with Crippen LogP contribution >= 0.6 is 11.8 Å². The zero-order chi connectivity index (χ0) is 23.7. The molecule has 0 radical (unpaired) electrons. The SMILES string of the molecule is CC(C)CNC(=O)CCn1c(Sc2cc3c(cc2-c2cc[nH]n2)OCO3)nc2c(N)ncnc21. The molecule has 0 saturated heterocycles. The number of fused-ring (bicyclic) bond motifs is 2. The van der Waals surface area contributed by atoms with Crippen LogP contribution in [0.25, 0.3) is 22.4 Å². The van der Waals surface area contributed by atoms with Crippen molar-refractivity contribution in [3.63, 3.8) is 0 Å². The van der Waals surface area contributed by atoms with Crippen LogP contribution in [0, 0.1) is 5.92 Å². The van der Waals surface area contributed by atoms with Gasteiger partial charge in [0.1, 0.15) is 6.33 Å². The van der Waals surface area contributed by atoms with Crippen LogP contribution in [-0.2, 0) is 11.3 Å². The number of nitrogen functional groups attached to an aromatic ring is 1. The number of nitrogens with zero attached hydrogens (tertiary/aromatic N) is 5. The Morgan fingerprint density at radius 1 is 1.29 bits per heavy atom. The lowest BCUT2D eigenvalue weighted by Gasteiger charge is -2.12. The summed E-state index contributed by atoms with van der Waals surface area (Å²) in [6, 6.07) is 5.69. The van der Waals surface area contributed by atoms with Crippen LogP contribution in [0.3, 0.4) is 0 Å². The van der Waals surface area contributed by atoms with E-state index in [0.29, 0.717) is 46.8 Å². The van der Waals surface area contributed by atoms with E-state index in [1.54, 1.807) is 6.20 Å². The minimum Gasteiger partial charge on any atom is -0.454 e. The van der Waals surface area contributed by atoms with Crippen molar-refractivity contribution in [3.8, 4) is 22.8 Å². The standard InChI is InChI=1S/C22H24N8O3S/c1-12(2)9-24-18(31)4-6-30-21-19(20(23)25-10-26-21)28-22(30)34-17-8-16-15(32-11-33-16)7-13(17)14-3-5-27-29-14/h3,5,7-8,10,12H,4,6,9,11H2,1-2H3,(H,24,31)(H,27,29)(H2,23,25,26). The molecule has 0 spiro atoms. The van der Waals surface area contributed by atoms with Crippen LogP contribution in [0.15, 0.2) is 40.8 Å². The van der Waals surface area contributed by atoms with Crippen LogP contribution < -0.4 is 20.5 Å². The summed E-state index contributed by atoms with van der Waals surface area (Å²) in [5, 5.41) is 10.8. The average Bonchev–Trinajstić information content (AvgIpc) is 3.56. The Bertz CT molecular complexity index is 1340. The molecule has 5 rings (SSSR count). The Kier molecular flexibility index (Phi) is 5.97. The summed E-state index contributed by atoms with van der Waals surface area (Å²) in [6.07, 6.45) is 3.44. The van der Waals surface area contributed by atoms with Crippen LogP contribution in [0.1, 0.15) is 20.3 Å². The third-order valence-corrected chi connectivity index (χ3v) is 6.30. The van der Waals surface area contributed by atoms with Gasteiger partial charge in [-0.15, -0.1) is 0 Å². The Labute approximate surface area is 199 Å². The molecule has 0 atom stereocenters. The molecule has 34 heavy (non-hydrogen) atoms. The van der Waals surface area contributed by atoms with Gasteiger partial charge in [-0.1, -0.05) is 25.6 Å². The van der Waals surface area contributed by atoms with Crippen molar-refractivity contribution in [2.24, 2.45) is 5.92 Å². The molecule has 4 N–H and O–H groups in total. The average molecular weight is 481 g/mol. The van der Waals surface area contributed by atoms with Gasteiger partial charge in [-0.05, 0) is 24.1 Å². The molecular formula is C22H24N8O3S. The Morgan fingerprint density at radius 2 is 2.12 bits per heavy atom. The zero-order valence-electron chi connectivity index (χ0n) is 18.7. The molecule has 12 heteroatoms. The van der Waals surface area contributed by atoms with E-state index in [1.807, 2.05) is 22.8 Å². The van der Waals surface area contributed by atoms with Gasteiger partial charge in [-0.2, -0.15) is 5.10 Å². The van der Waals surface area contributed by atoms with Crippen molar-refractivity contribution >= 4 is 34.7 Å². The maximum atomic E-state index is 12.4. The highest BCUT2D eigenvalue weighted by molar-refractivity contribution is 7.99. The fourth-order valence-electron chi connectivity index (χ4n) is 3.55. The number of benzene rings is 1. The van der Waals surface area contributed by atoms with Crippen LogP contribution in [0.5, 0.6) is 11.5 Å². The molecule has 4 heterocycles. The summed E-state index contributed by atoms with van der Waals surface area (Å²) >= 11 is 1.42. The van der Waals surface area contributed by atoms with Gasteiger partial charge in [0.15, 0.2) is 33.6 Å². The molecule has 0 aliphatic carbocycles. The first-order chi connectivity index (χ1) is 16.5. The number of carbonyl (C=O) groups is 1. The van der Waals surface area contributed by atoms with Gasteiger partial charge in [0, 0.05) is 36.2 Å². The smallest absolute Gasteiger partial charge is 0.231 e. The lowest BCUT2D eigenvalue weighted by molar-refractivity contribution is -0.121. The third kappa shape index (κ3) is 4.36. The summed E-state index contributed by atoms with van der Waals surface area (Å²) in [7, 11) is 0. The summed E-state index contributed by atoms with van der Waals surface area (Å²) in [5.41, 5.74) is 8.78. The minimum atomic E-state index is -0.0335. The monoisotopic (exact) mass is 480 g/mol. The number of nitrogens with one attached hydrogen (secondary N) is 2. The van der Waals surface area contributed by atoms with Crippen LogP contribution in [0.2, 0.25) is 0 Å². The fraction of sp³-hybridized carbons (Fsp3) is 0.318. The maximum absolute atomic E-state index is 12.4. The number of H-pyrrole nitrogens is 1. The molecular weight excluding hydrogens is 456 g/mol. The molecule has 4 aromatic rings. The molecule has 176 valence electrons. The molecule has 3 aromatic heterocycles. The van der Waals surface area contributed by atoms with E-state index in [9.17, 15) is 4.79 Å². The molecule has 0 unspecified atom stereocenters. The summed E-state index contributed by atoms with van der Waals surface area (Å²) in [4.78, 5) is 26.4. The number of ether oxygens (including phenoxy) is 2. The van der Waals surface area contributed by atoms with Crippen molar-refractivity contribution in [1.82, 2.24) is 35.0 Å². The number of hydrogen-bond acceptors (Lipinski definition) is 9. The first-order valence-electron chi connectivity index (χ1n) is 10.8. The number of imidazole rings is 1. The highest BCUT2D eigenvalue weighted by atomic mass is 32.2. The number of hydrogen-bond donors (Lipinski definition) is 3. The van der Waals surface area contributed by atoms with Crippen molar-refractivity contribution in [1.29, 1.82) is 0 Å². The number of aryl methyl sites for hydroxylation is 1. The predicted molar refractivity (Wildman–Crippen MR) is 126 cm³/mol. The molecule has 1 aromatic carbocycles. The summed E-state index contributed by atoms with van der Waals surface area (Å²) in [6.45, 7) is 5.30. The topological polar surface area (TPSA) is 146 Å². The number of aromatic amines is 1. The number of rotatable bonds is 8. The molecule has 0 bridgehead atoms. The van der Waals surface area contributed by atoms with Crippen molar-refractivity contribution in [3.05, 3.63) is 30.7 Å². The van der Waals surface area contributed by atoms with Gasteiger partial charge in [0.2, 0.25) is 12.7 Å². The second kappa shape index (κ2) is 9.21. The molecule has 0 saturated carbocycles. The third-order valence-electron chi connectivity index (χ3n) is 5.25. The Balaban J connectivity index is 1.51. The predicted octanol–water partition coefficient (Wildman–Crippen LogP) is 2.84. The second-order valence-corrected chi connectivity index (χ2v) is 9.20. The quantitative estimate of drug-likeness (QED) is 0.346. The molecule has 11 nitrogen and oxygen atoms in total. The number of carbonyl (C=O) groups excluding carboxylic acids is 1. The minimum absolute atomic E-state index is 0.0335. The Morgan fingerprint density at radius 3 is 2.88 bits per heavy atom. The second-order valence-electron chi connectivity index (χ2n) is 8.19. The molecule has 1 aliphatic heterocycles.